The fraction of sp³-hybridized carbons (Fsp3) is 0.667. The van der Waals surface area contributed by atoms with E-state index in [0.29, 0.717) is 6.16 Å². The Balaban J connectivity index is 3.17. The first kappa shape index (κ1) is 6.70. The zero-order chi connectivity index (χ0) is 5.70. The van der Waals surface area contributed by atoms with Gasteiger partial charge in [0.05, 0.1) is 0 Å². The van der Waals surface area contributed by atoms with Crippen LogP contribution in [-0.2, 0) is 4.79 Å². The van der Waals surface area contributed by atoms with Crippen molar-refractivity contribution in [1.82, 2.24) is 0 Å². The third kappa shape index (κ3) is 3.53. The summed E-state index contributed by atoms with van der Waals surface area (Å²) < 4.78 is 0. The van der Waals surface area contributed by atoms with E-state index >= 15 is 0 Å². The zero-order valence-electron chi connectivity index (χ0n) is 3.76. The third-order valence-corrected chi connectivity index (χ3v) is 0.924. The standard InChI is InChI=1S/C3H6NO2P/c5-3(2-7)1-4-6/h1-2,7H2. The van der Waals surface area contributed by atoms with Crippen LogP contribution in [0.3, 0.4) is 0 Å². The SMILES string of the molecule is O=NCC(=O)CP. The minimum atomic E-state index is -0.191. The summed E-state index contributed by atoms with van der Waals surface area (Å²) in [7, 11) is 2.22. The highest BCUT2D eigenvalue weighted by molar-refractivity contribution is 7.18. The molecule has 0 spiro atoms. The zero-order valence-corrected chi connectivity index (χ0v) is 4.91. The van der Waals surface area contributed by atoms with Gasteiger partial charge < -0.3 is 0 Å². The monoisotopic (exact) mass is 119 g/mol. The molecular formula is C3H6NO2P. The Bertz CT molecular complexity index is 83.0. The second-order valence-electron chi connectivity index (χ2n) is 1.03. The number of carbonyl (C=O) groups excluding carboxylic acids is 1. The van der Waals surface area contributed by atoms with Crippen molar-refractivity contribution in [1.29, 1.82) is 0 Å². The molecule has 0 radical (unpaired) electrons. The van der Waals surface area contributed by atoms with Gasteiger partial charge in [0, 0.05) is 6.16 Å². The predicted octanol–water partition coefficient (Wildman–Crippen LogP) is 0.197. The van der Waals surface area contributed by atoms with Crippen molar-refractivity contribution in [2.75, 3.05) is 12.7 Å². The highest BCUT2D eigenvalue weighted by Crippen LogP contribution is 1.81. The Morgan fingerprint density at radius 2 is 2.29 bits per heavy atom. The average molecular weight is 119 g/mol. The van der Waals surface area contributed by atoms with Gasteiger partial charge in [-0.3, -0.25) is 4.79 Å². The van der Waals surface area contributed by atoms with Crippen LogP contribution in [0.15, 0.2) is 5.18 Å². The summed E-state index contributed by atoms with van der Waals surface area (Å²) in [5, 5.41) is 2.39. The second-order valence-corrected chi connectivity index (χ2v) is 1.44. The van der Waals surface area contributed by atoms with Crippen LogP contribution in [0.4, 0.5) is 0 Å². The van der Waals surface area contributed by atoms with Gasteiger partial charge in [-0.1, -0.05) is 5.18 Å². The second kappa shape index (κ2) is 3.88. The highest BCUT2D eigenvalue weighted by atomic mass is 31.0. The van der Waals surface area contributed by atoms with Crippen LogP contribution < -0.4 is 0 Å². The Morgan fingerprint density at radius 3 is 2.43 bits per heavy atom. The molecule has 40 valence electrons. The van der Waals surface area contributed by atoms with Crippen molar-refractivity contribution >= 4 is 15.0 Å². The number of rotatable bonds is 3. The normalized spacial score (nSPS) is 8.14. The van der Waals surface area contributed by atoms with Crippen LogP contribution in [0.25, 0.3) is 0 Å². The molecule has 0 aliphatic rings. The lowest BCUT2D eigenvalue weighted by molar-refractivity contribution is -0.115. The number of hydrogen-bond donors (Lipinski definition) is 0. The van der Waals surface area contributed by atoms with E-state index in [-0.39, 0.29) is 12.3 Å². The van der Waals surface area contributed by atoms with Crippen LogP contribution >= 0.6 is 9.24 Å². The van der Waals surface area contributed by atoms with Crippen molar-refractivity contribution in [2.24, 2.45) is 5.18 Å². The van der Waals surface area contributed by atoms with E-state index in [2.05, 4.69) is 14.4 Å². The summed E-state index contributed by atoms with van der Waals surface area (Å²) in [6, 6.07) is 0. The molecule has 0 bridgehead atoms. The molecule has 3 nitrogen and oxygen atoms in total. The van der Waals surface area contributed by atoms with Crippen LogP contribution in [0, 0.1) is 4.91 Å². The molecular weight excluding hydrogens is 113 g/mol. The predicted molar refractivity (Wildman–Crippen MR) is 30.2 cm³/mol. The summed E-state index contributed by atoms with van der Waals surface area (Å²) in [6.07, 6.45) is 0.325. The number of carbonyl (C=O) groups is 1. The number of hydrogen-bond acceptors (Lipinski definition) is 3. The molecule has 0 amide bonds. The summed E-state index contributed by atoms with van der Waals surface area (Å²) in [6.45, 7) is -0.191. The molecule has 0 heterocycles. The van der Waals surface area contributed by atoms with Gasteiger partial charge in [0.25, 0.3) is 0 Å². The Morgan fingerprint density at radius 1 is 1.71 bits per heavy atom. The van der Waals surface area contributed by atoms with Gasteiger partial charge in [-0.15, -0.1) is 9.24 Å². The first-order valence-electron chi connectivity index (χ1n) is 1.82. The van der Waals surface area contributed by atoms with E-state index in [1.54, 1.807) is 0 Å². The summed E-state index contributed by atoms with van der Waals surface area (Å²) in [5.74, 6) is -0.139. The van der Waals surface area contributed by atoms with Crippen molar-refractivity contribution in [3.8, 4) is 0 Å². The molecule has 0 fully saturated rings. The molecule has 0 aromatic carbocycles. The fourth-order valence-electron chi connectivity index (χ4n) is 0.137. The topological polar surface area (TPSA) is 46.5 Å². The van der Waals surface area contributed by atoms with Gasteiger partial charge in [0.1, 0.15) is 6.54 Å². The number of nitroso groups, excluding NO2 is 1. The molecule has 0 N–H and O–H groups in total. The molecule has 1 atom stereocenters. The van der Waals surface area contributed by atoms with Crippen molar-refractivity contribution < 1.29 is 4.79 Å². The minimum Gasteiger partial charge on any atom is -0.297 e. The largest absolute Gasteiger partial charge is 0.297 e. The van der Waals surface area contributed by atoms with E-state index in [4.69, 9.17) is 0 Å². The van der Waals surface area contributed by atoms with E-state index in [1.165, 1.54) is 0 Å². The summed E-state index contributed by atoms with van der Waals surface area (Å²) >= 11 is 0. The van der Waals surface area contributed by atoms with Crippen LogP contribution in [0.1, 0.15) is 0 Å². The minimum absolute atomic E-state index is 0.139. The Kier molecular flexibility index (Phi) is 3.71. The lowest BCUT2D eigenvalue weighted by Gasteiger charge is -1.80. The summed E-state index contributed by atoms with van der Waals surface area (Å²) in [5.41, 5.74) is 0. The van der Waals surface area contributed by atoms with Crippen LogP contribution in [-0.4, -0.2) is 18.5 Å². The van der Waals surface area contributed by atoms with Gasteiger partial charge >= 0.3 is 0 Å². The van der Waals surface area contributed by atoms with Gasteiger partial charge in [0.15, 0.2) is 5.78 Å². The van der Waals surface area contributed by atoms with Gasteiger partial charge in [-0.25, -0.2) is 0 Å². The highest BCUT2D eigenvalue weighted by Gasteiger charge is 1.92. The molecule has 0 saturated carbocycles. The number of ketones is 1. The van der Waals surface area contributed by atoms with Crippen molar-refractivity contribution in [3.63, 3.8) is 0 Å². The molecule has 0 rings (SSSR count). The van der Waals surface area contributed by atoms with Crippen LogP contribution in [0.5, 0.6) is 0 Å². The number of Topliss-reactive ketones (excluding diaryl/α,β-unsaturated/α-hetero) is 1. The molecule has 1 unspecified atom stereocenters. The van der Waals surface area contributed by atoms with Crippen LogP contribution in [0.2, 0.25) is 0 Å². The molecule has 0 aromatic rings. The van der Waals surface area contributed by atoms with E-state index in [1.807, 2.05) is 0 Å². The molecule has 0 aliphatic heterocycles. The van der Waals surface area contributed by atoms with E-state index in [0.717, 1.165) is 0 Å². The van der Waals surface area contributed by atoms with Crippen molar-refractivity contribution in [2.45, 2.75) is 0 Å². The third-order valence-electron chi connectivity index (χ3n) is 0.469. The van der Waals surface area contributed by atoms with Crippen molar-refractivity contribution in [3.05, 3.63) is 4.91 Å². The Labute approximate surface area is 43.7 Å². The first-order valence-corrected chi connectivity index (χ1v) is 2.63. The van der Waals surface area contributed by atoms with Gasteiger partial charge in [-0.2, -0.15) is 4.91 Å². The maximum Gasteiger partial charge on any atom is 0.161 e. The number of nitrogens with zero attached hydrogens (tertiary/aromatic N) is 1. The molecule has 0 aromatic heterocycles. The molecule has 0 saturated heterocycles. The molecule has 0 aliphatic carbocycles. The molecule has 4 heteroatoms. The lowest BCUT2D eigenvalue weighted by Crippen LogP contribution is -2.01. The maximum atomic E-state index is 10.1. The lowest BCUT2D eigenvalue weighted by atomic mass is 10.5. The first-order chi connectivity index (χ1) is 3.31. The van der Waals surface area contributed by atoms with Gasteiger partial charge in [0.2, 0.25) is 0 Å². The average Bonchev–Trinajstić information content (AvgIpc) is 1.68. The molecule has 7 heavy (non-hydrogen) atoms. The van der Waals surface area contributed by atoms with E-state index in [9.17, 15) is 9.70 Å². The van der Waals surface area contributed by atoms with Gasteiger partial charge in [-0.05, 0) is 0 Å². The van der Waals surface area contributed by atoms with E-state index < -0.39 is 0 Å². The maximum absolute atomic E-state index is 10.1. The summed E-state index contributed by atoms with van der Waals surface area (Å²) in [4.78, 5) is 19.4. The smallest absolute Gasteiger partial charge is 0.161 e. The Hall–Kier alpha value is -0.300. The fourth-order valence-corrected chi connectivity index (χ4v) is 0.266. The quantitative estimate of drug-likeness (QED) is 0.393.